The van der Waals surface area contributed by atoms with Gasteiger partial charge in [0, 0.05) is 18.5 Å². The van der Waals surface area contributed by atoms with E-state index in [1.54, 1.807) is 25.1 Å². The van der Waals surface area contributed by atoms with Gasteiger partial charge in [0.15, 0.2) is 17.3 Å². The Hall–Kier alpha value is -1.68. The van der Waals surface area contributed by atoms with E-state index >= 15 is 0 Å². The first kappa shape index (κ1) is 10.5. The zero-order valence-electron chi connectivity index (χ0n) is 9.69. The second-order valence-electron chi connectivity index (χ2n) is 4.49. The highest BCUT2D eigenvalue weighted by molar-refractivity contribution is 6.00. The van der Waals surface area contributed by atoms with Crippen molar-refractivity contribution in [3.63, 3.8) is 0 Å². The van der Waals surface area contributed by atoms with Crippen LogP contribution in [0.2, 0.25) is 0 Å². The SMILES string of the molecule is Cc1nc2cc(C(=O)CNC3CC3)ccc2o1. The van der Waals surface area contributed by atoms with Crippen LogP contribution in [-0.4, -0.2) is 23.4 Å². The molecule has 17 heavy (non-hydrogen) atoms. The summed E-state index contributed by atoms with van der Waals surface area (Å²) < 4.78 is 5.37. The van der Waals surface area contributed by atoms with Crippen molar-refractivity contribution < 1.29 is 9.21 Å². The van der Waals surface area contributed by atoms with Crippen molar-refractivity contribution in [1.82, 2.24) is 10.3 Å². The van der Waals surface area contributed by atoms with Crippen molar-refractivity contribution in [1.29, 1.82) is 0 Å². The smallest absolute Gasteiger partial charge is 0.192 e. The fraction of sp³-hybridized carbons (Fsp3) is 0.385. The van der Waals surface area contributed by atoms with Crippen molar-refractivity contribution in [3.05, 3.63) is 29.7 Å². The van der Waals surface area contributed by atoms with E-state index in [2.05, 4.69) is 10.3 Å². The lowest BCUT2D eigenvalue weighted by molar-refractivity contribution is 0.0990. The van der Waals surface area contributed by atoms with Gasteiger partial charge in [-0.2, -0.15) is 0 Å². The number of nitrogens with one attached hydrogen (secondary N) is 1. The molecule has 1 aromatic heterocycles. The Kier molecular flexibility index (Phi) is 2.44. The molecule has 2 aromatic rings. The number of carbonyl (C=O) groups is 1. The molecule has 0 amide bonds. The fourth-order valence-corrected chi connectivity index (χ4v) is 1.84. The zero-order chi connectivity index (χ0) is 11.8. The summed E-state index contributed by atoms with van der Waals surface area (Å²) in [5.41, 5.74) is 2.17. The first-order valence-electron chi connectivity index (χ1n) is 5.86. The third-order valence-corrected chi connectivity index (χ3v) is 2.95. The highest BCUT2D eigenvalue weighted by atomic mass is 16.3. The normalized spacial score (nSPS) is 15.4. The summed E-state index contributed by atoms with van der Waals surface area (Å²) in [6.45, 7) is 2.21. The predicted octanol–water partition coefficient (Wildman–Crippen LogP) is 2.07. The van der Waals surface area contributed by atoms with Crippen LogP contribution in [0, 0.1) is 6.92 Å². The molecule has 0 saturated heterocycles. The second-order valence-corrected chi connectivity index (χ2v) is 4.49. The van der Waals surface area contributed by atoms with E-state index in [1.165, 1.54) is 12.8 Å². The molecular weight excluding hydrogens is 216 g/mol. The molecule has 1 N–H and O–H groups in total. The summed E-state index contributed by atoms with van der Waals surface area (Å²) in [5.74, 6) is 0.736. The molecule has 0 aliphatic heterocycles. The second kappa shape index (κ2) is 3.96. The molecule has 3 rings (SSSR count). The number of aryl methyl sites for hydroxylation is 1. The number of hydrogen-bond acceptors (Lipinski definition) is 4. The highest BCUT2D eigenvalue weighted by Gasteiger charge is 2.21. The van der Waals surface area contributed by atoms with Crippen LogP contribution in [-0.2, 0) is 0 Å². The summed E-state index contributed by atoms with van der Waals surface area (Å²) in [6, 6.07) is 5.95. The molecule has 1 fully saturated rings. The van der Waals surface area contributed by atoms with Crippen molar-refractivity contribution in [2.45, 2.75) is 25.8 Å². The van der Waals surface area contributed by atoms with E-state index in [9.17, 15) is 4.79 Å². The van der Waals surface area contributed by atoms with Gasteiger partial charge in [-0.1, -0.05) is 0 Å². The third-order valence-electron chi connectivity index (χ3n) is 2.95. The van der Waals surface area contributed by atoms with E-state index in [4.69, 9.17) is 4.42 Å². The zero-order valence-corrected chi connectivity index (χ0v) is 9.69. The fourth-order valence-electron chi connectivity index (χ4n) is 1.84. The van der Waals surface area contributed by atoms with Crippen LogP contribution in [0.3, 0.4) is 0 Å². The molecule has 0 radical (unpaired) electrons. The summed E-state index contributed by atoms with van der Waals surface area (Å²) in [4.78, 5) is 16.1. The van der Waals surface area contributed by atoms with Crippen LogP contribution < -0.4 is 5.32 Å². The van der Waals surface area contributed by atoms with Crippen LogP contribution in [0.15, 0.2) is 22.6 Å². The first-order valence-corrected chi connectivity index (χ1v) is 5.86. The van der Waals surface area contributed by atoms with E-state index in [0.717, 1.165) is 11.1 Å². The van der Waals surface area contributed by atoms with Crippen LogP contribution >= 0.6 is 0 Å². The standard InChI is InChI=1S/C13H14N2O2/c1-8-15-11-6-9(2-5-13(11)17-8)12(16)7-14-10-3-4-10/h2,5-6,10,14H,3-4,7H2,1H3. The summed E-state index contributed by atoms with van der Waals surface area (Å²) in [6.07, 6.45) is 2.38. The van der Waals surface area contributed by atoms with Crippen LogP contribution in [0.4, 0.5) is 0 Å². The summed E-state index contributed by atoms with van der Waals surface area (Å²) in [7, 11) is 0. The molecule has 0 unspecified atom stereocenters. The van der Waals surface area contributed by atoms with Crippen LogP contribution in [0.25, 0.3) is 11.1 Å². The number of oxazole rings is 1. The first-order chi connectivity index (χ1) is 8.22. The Morgan fingerprint density at radius 2 is 2.35 bits per heavy atom. The predicted molar refractivity (Wildman–Crippen MR) is 64.1 cm³/mol. The van der Waals surface area contributed by atoms with Gasteiger partial charge in [0.2, 0.25) is 0 Å². The largest absolute Gasteiger partial charge is 0.441 e. The van der Waals surface area contributed by atoms with Gasteiger partial charge in [-0.25, -0.2) is 4.98 Å². The van der Waals surface area contributed by atoms with Crippen molar-refractivity contribution in [2.24, 2.45) is 0 Å². The van der Waals surface area contributed by atoms with Gasteiger partial charge < -0.3 is 9.73 Å². The summed E-state index contributed by atoms with van der Waals surface area (Å²) >= 11 is 0. The van der Waals surface area contributed by atoms with Crippen molar-refractivity contribution >= 4 is 16.9 Å². The minimum atomic E-state index is 0.111. The lowest BCUT2D eigenvalue weighted by Gasteiger charge is -2.01. The quantitative estimate of drug-likeness (QED) is 0.817. The molecule has 4 nitrogen and oxygen atoms in total. The van der Waals surface area contributed by atoms with E-state index in [0.29, 0.717) is 24.0 Å². The monoisotopic (exact) mass is 230 g/mol. The van der Waals surface area contributed by atoms with Gasteiger partial charge in [-0.05, 0) is 31.0 Å². The lowest BCUT2D eigenvalue weighted by atomic mass is 10.1. The highest BCUT2D eigenvalue weighted by Crippen LogP contribution is 2.19. The molecule has 4 heteroatoms. The maximum absolute atomic E-state index is 11.9. The number of fused-ring (bicyclic) bond motifs is 1. The third kappa shape index (κ3) is 2.22. The van der Waals surface area contributed by atoms with E-state index in [1.807, 2.05) is 0 Å². The number of hydrogen-bond donors (Lipinski definition) is 1. The molecule has 1 aliphatic rings. The molecule has 0 atom stereocenters. The Bertz CT molecular complexity index is 570. The number of Topliss-reactive ketones (excluding diaryl/α,β-unsaturated/α-hetero) is 1. The van der Waals surface area contributed by atoms with Gasteiger partial charge in [0.05, 0.1) is 6.54 Å². The topological polar surface area (TPSA) is 55.1 Å². The number of rotatable bonds is 4. The van der Waals surface area contributed by atoms with Gasteiger partial charge in [-0.3, -0.25) is 4.79 Å². The Balaban J connectivity index is 1.80. The molecular formula is C13H14N2O2. The minimum Gasteiger partial charge on any atom is -0.441 e. The van der Waals surface area contributed by atoms with E-state index < -0.39 is 0 Å². The average molecular weight is 230 g/mol. The van der Waals surface area contributed by atoms with Crippen LogP contribution in [0.5, 0.6) is 0 Å². The average Bonchev–Trinajstić information content (AvgIpc) is 3.06. The molecule has 0 spiro atoms. The Morgan fingerprint density at radius 3 is 3.12 bits per heavy atom. The summed E-state index contributed by atoms with van der Waals surface area (Å²) in [5, 5.41) is 3.21. The maximum atomic E-state index is 11.9. The minimum absolute atomic E-state index is 0.111. The van der Waals surface area contributed by atoms with Crippen molar-refractivity contribution in [3.8, 4) is 0 Å². The van der Waals surface area contributed by atoms with Gasteiger partial charge in [-0.15, -0.1) is 0 Å². The maximum Gasteiger partial charge on any atom is 0.192 e. The number of ketones is 1. The molecule has 1 aliphatic carbocycles. The molecule has 0 bridgehead atoms. The van der Waals surface area contributed by atoms with Gasteiger partial charge >= 0.3 is 0 Å². The molecule has 1 heterocycles. The molecule has 88 valence electrons. The Morgan fingerprint density at radius 1 is 1.53 bits per heavy atom. The number of aromatic nitrogens is 1. The van der Waals surface area contributed by atoms with Gasteiger partial charge in [0.25, 0.3) is 0 Å². The van der Waals surface area contributed by atoms with E-state index in [-0.39, 0.29) is 5.78 Å². The number of nitrogens with zero attached hydrogens (tertiary/aromatic N) is 1. The molecule has 1 aromatic carbocycles. The lowest BCUT2D eigenvalue weighted by Crippen LogP contribution is -2.24. The van der Waals surface area contributed by atoms with Crippen LogP contribution in [0.1, 0.15) is 29.1 Å². The number of benzene rings is 1. The van der Waals surface area contributed by atoms with Crippen molar-refractivity contribution in [2.75, 3.05) is 6.54 Å². The number of carbonyl (C=O) groups excluding carboxylic acids is 1. The molecule has 1 saturated carbocycles. The van der Waals surface area contributed by atoms with Gasteiger partial charge in [0.1, 0.15) is 5.52 Å². The Labute approximate surface area is 99.0 Å².